The Balaban J connectivity index is 1.84. The molecule has 0 saturated heterocycles. The van der Waals surface area contributed by atoms with Gasteiger partial charge in [0.05, 0.1) is 12.5 Å². The minimum Gasteiger partial charge on any atom is -0.497 e. The third-order valence-electron chi connectivity index (χ3n) is 4.52. The Morgan fingerprint density at radius 2 is 1.77 bits per heavy atom. The van der Waals surface area contributed by atoms with Crippen molar-refractivity contribution in [2.75, 3.05) is 12.4 Å². The average Bonchev–Trinajstić information content (AvgIpc) is 2.94. The maximum Gasteiger partial charge on any atom is 0.151 e. The van der Waals surface area contributed by atoms with Crippen molar-refractivity contribution in [2.45, 2.75) is 13.8 Å². The molecule has 0 aliphatic heterocycles. The van der Waals surface area contributed by atoms with E-state index in [1.54, 1.807) is 19.6 Å². The van der Waals surface area contributed by atoms with Gasteiger partial charge in [-0.3, -0.25) is 4.57 Å². The second kappa shape index (κ2) is 6.48. The van der Waals surface area contributed by atoms with Crippen LogP contribution in [0.15, 0.2) is 55.0 Å². The molecule has 0 radical (unpaired) electrons. The summed E-state index contributed by atoms with van der Waals surface area (Å²) in [7, 11) is 1.66. The molecule has 3 heterocycles. The molecule has 0 fully saturated rings. The van der Waals surface area contributed by atoms with E-state index in [1.165, 1.54) is 0 Å². The summed E-state index contributed by atoms with van der Waals surface area (Å²) in [5.74, 6) is 2.43. The van der Waals surface area contributed by atoms with Crippen molar-refractivity contribution < 1.29 is 4.74 Å². The maximum absolute atomic E-state index is 5.21. The Kier molecular flexibility index (Phi) is 4.01. The van der Waals surface area contributed by atoms with Crippen molar-refractivity contribution in [3.8, 4) is 11.6 Å². The van der Waals surface area contributed by atoms with Gasteiger partial charge in [0.15, 0.2) is 5.65 Å². The fourth-order valence-electron chi connectivity index (χ4n) is 3.07. The van der Waals surface area contributed by atoms with Gasteiger partial charge in [-0.25, -0.2) is 15.0 Å². The van der Waals surface area contributed by atoms with E-state index >= 15 is 0 Å². The molecule has 6 heteroatoms. The molecule has 0 unspecified atom stereocenters. The first-order chi connectivity index (χ1) is 12.7. The van der Waals surface area contributed by atoms with Crippen LogP contribution in [-0.4, -0.2) is 26.6 Å². The van der Waals surface area contributed by atoms with Gasteiger partial charge in [0.1, 0.15) is 23.7 Å². The number of anilines is 2. The van der Waals surface area contributed by atoms with Crippen molar-refractivity contribution in [1.82, 2.24) is 19.5 Å². The molecule has 3 aromatic heterocycles. The largest absolute Gasteiger partial charge is 0.497 e. The number of nitrogens with zero attached hydrogens (tertiary/aromatic N) is 4. The van der Waals surface area contributed by atoms with E-state index in [-0.39, 0.29) is 0 Å². The lowest BCUT2D eigenvalue weighted by atomic mass is 10.2. The zero-order valence-electron chi connectivity index (χ0n) is 14.9. The van der Waals surface area contributed by atoms with E-state index in [1.807, 2.05) is 42.5 Å². The van der Waals surface area contributed by atoms with Gasteiger partial charge in [-0.15, -0.1) is 0 Å². The molecule has 0 bridgehead atoms. The summed E-state index contributed by atoms with van der Waals surface area (Å²) in [4.78, 5) is 13.5. The average molecular weight is 345 g/mol. The quantitative estimate of drug-likeness (QED) is 0.601. The number of fused-ring (bicyclic) bond motifs is 1. The zero-order chi connectivity index (χ0) is 18.1. The molecule has 1 N–H and O–H groups in total. The van der Waals surface area contributed by atoms with Crippen LogP contribution in [0.1, 0.15) is 11.3 Å². The van der Waals surface area contributed by atoms with E-state index in [9.17, 15) is 0 Å². The maximum atomic E-state index is 5.21. The van der Waals surface area contributed by atoms with Gasteiger partial charge in [0, 0.05) is 17.6 Å². The molecular formula is C20H19N5O. The van der Waals surface area contributed by atoms with Crippen LogP contribution in [0.2, 0.25) is 0 Å². The molecule has 4 aromatic rings. The van der Waals surface area contributed by atoms with Crippen molar-refractivity contribution in [1.29, 1.82) is 0 Å². The second-order valence-corrected chi connectivity index (χ2v) is 6.01. The highest BCUT2D eigenvalue weighted by Crippen LogP contribution is 2.32. The van der Waals surface area contributed by atoms with Crippen LogP contribution in [0.25, 0.3) is 16.9 Å². The zero-order valence-corrected chi connectivity index (χ0v) is 14.9. The van der Waals surface area contributed by atoms with Gasteiger partial charge < -0.3 is 10.1 Å². The Bertz CT molecular complexity index is 1060. The standard InChI is InChI=1S/C20H19N5O/c1-13-14(2)25(17-6-4-5-11-21-17)20-18(13)19(22-12-23-20)24-15-7-9-16(26-3)10-8-15/h4-12H,1-3H3,(H,22,23,24). The summed E-state index contributed by atoms with van der Waals surface area (Å²) < 4.78 is 7.27. The molecule has 4 rings (SSSR count). The molecule has 0 atom stereocenters. The number of nitrogens with one attached hydrogen (secondary N) is 1. The smallest absolute Gasteiger partial charge is 0.151 e. The van der Waals surface area contributed by atoms with Gasteiger partial charge in [0.2, 0.25) is 0 Å². The molecular weight excluding hydrogens is 326 g/mol. The predicted octanol–water partition coefficient (Wildman–Crippen LogP) is 4.18. The van der Waals surface area contributed by atoms with Crippen molar-refractivity contribution in [2.24, 2.45) is 0 Å². The molecule has 0 saturated carbocycles. The minimum absolute atomic E-state index is 0.774. The molecule has 130 valence electrons. The number of aromatic nitrogens is 4. The number of pyridine rings is 1. The van der Waals surface area contributed by atoms with E-state index in [0.29, 0.717) is 0 Å². The first-order valence-electron chi connectivity index (χ1n) is 8.34. The van der Waals surface area contributed by atoms with Crippen molar-refractivity contribution in [3.63, 3.8) is 0 Å². The van der Waals surface area contributed by atoms with Crippen LogP contribution < -0.4 is 10.1 Å². The number of aryl methyl sites for hydroxylation is 1. The topological polar surface area (TPSA) is 64.9 Å². The number of hydrogen-bond acceptors (Lipinski definition) is 5. The lowest BCUT2D eigenvalue weighted by molar-refractivity contribution is 0.415. The lowest BCUT2D eigenvalue weighted by Crippen LogP contribution is -2.01. The number of ether oxygens (including phenoxy) is 1. The van der Waals surface area contributed by atoms with Gasteiger partial charge in [-0.1, -0.05) is 6.07 Å². The number of benzene rings is 1. The van der Waals surface area contributed by atoms with Crippen LogP contribution in [-0.2, 0) is 0 Å². The Morgan fingerprint density at radius 3 is 2.46 bits per heavy atom. The van der Waals surface area contributed by atoms with Gasteiger partial charge >= 0.3 is 0 Å². The van der Waals surface area contributed by atoms with Crippen LogP contribution >= 0.6 is 0 Å². The SMILES string of the molecule is COc1ccc(Nc2ncnc3c2c(C)c(C)n3-c2ccccn2)cc1. The minimum atomic E-state index is 0.774. The lowest BCUT2D eigenvalue weighted by Gasteiger charge is -2.09. The molecule has 26 heavy (non-hydrogen) atoms. The monoisotopic (exact) mass is 345 g/mol. The first kappa shape index (κ1) is 16.1. The van der Waals surface area contributed by atoms with E-state index in [0.717, 1.165) is 45.4 Å². The number of hydrogen-bond donors (Lipinski definition) is 1. The summed E-state index contributed by atoms with van der Waals surface area (Å²) in [6.07, 6.45) is 3.36. The molecule has 0 aliphatic carbocycles. The van der Waals surface area contributed by atoms with Crippen LogP contribution in [0.4, 0.5) is 11.5 Å². The van der Waals surface area contributed by atoms with Gasteiger partial charge in [0.25, 0.3) is 0 Å². The molecule has 0 spiro atoms. The van der Waals surface area contributed by atoms with E-state index < -0.39 is 0 Å². The second-order valence-electron chi connectivity index (χ2n) is 6.01. The third kappa shape index (κ3) is 2.65. The Hall–Kier alpha value is -3.41. The Labute approximate surface area is 151 Å². The first-order valence-corrected chi connectivity index (χ1v) is 8.34. The van der Waals surface area contributed by atoms with E-state index in [2.05, 4.69) is 38.7 Å². The summed E-state index contributed by atoms with van der Waals surface area (Å²) in [6, 6.07) is 13.6. The number of rotatable bonds is 4. The van der Waals surface area contributed by atoms with Gasteiger partial charge in [-0.2, -0.15) is 0 Å². The highest BCUT2D eigenvalue weighted by molar-refractivity contribution is 5.94. The summed E-state index contributed by atoms with van der Waals surface area (Å²) in [6.45, 7) is 4.16. The molecule has 0 aliphatic rings. The summed E-state index contributed by atoms with van der Waals surface area (Å²) >= 11 is 0. The molecule has 0 amide bonds. The number of methoxy groups -OCH3 is 1. The predicted molar refractivity (Wildman–Crippen MR) is 102 cm³/mol. The van der Waals surface area contributed by atoms with Crippen molar-refractivity contribution >= 4 is 22.5 Å². The highest BCUT2D eigenvalue weighted by atomic mass is 16.5. The van der Waals surface area contributed by atoms with E-state index in [4.69, 9.17) is 4.74 Å². The summed E-state index contributed by atoms with van der Waals surface area (Å²) in [5.41, 5.74) is 4.00. The van der Waals surface area contributed by atoms with Crippen LogP contribution in [0, 0.1) is 13.8 Å². The van der Waals surface area contributed by atoms with Crippen molar-refractivity contribution in [3.05, 3.63) is 66.2 Å². The fourth-order valence-corrected chi connectivity index (χ4v) is 3.07. The normalized spacial score (nSPS) is 10.9. The van der Waals surface area contributed by atoms with Crippen LogP contribution in [0.5, 0.6) is 5.75 Å². The molecule has 1 aromatic carbocycles. The van der Waals surface area contributed by atoms with Gasteiger partial charge in [-0.05, 0) is 55.8 Å². The third-order valence-corrected chi connectivity index (χ3v) is 4.52. The summed E-state index contributed by atoms with van der Waals surface area (Å²) in [5, 5.41) is 4.38. The van der Waals surface area contributed by atoms with Crippen LogP contribution in [0.3, 0.4) is 0 Å². The highest BCUT2D eigenvalue weighted by Gasteiger charge is 2.18. The Morgan fingerprint density at radius 1 is 0.962 bits per heavy atom. The molecule has 6 nitrogen and oxygen atoms in total. The fraction of sp³-hybridized carbons (Fsp3) is 0.150.